The summed E-state index contributed by atoms with van der Waals surface area (Å²) in [6.45, 7) is 0. The van der Waals surface area contributed by atoms with Gasteiger partial charge in [-0.25, -0.2) is 0 Å². The van der Waals surface area contributed by atoms with Gasteiger partial charge < -0.3 is 10.2 Å². The van der Waals surface area contributed by atoms with Crippen LogP contribution in [-0.2, 0) is 0 Å². The van der Waals surface area contributed by atoms with Gasteiger partial charge in [-0.05, 0) is 34.2 Å². The van der Waals surface area contributed by atoms with Gasteiger partial charge in [0.15, 0.2) is 6.10 Å². The van der Waals surface area contributed by atoms with Gasteiger partial charge in [0.1, 0.15) is 6.10 Å². The molecule has 2 unspecified atom stereocenters. The molecule has 0 aliphatic carbocycles. The van der Waals surface area contributed by atoms with Crippen molar-refractivity contribution in [2.75, 3.05) is 0 Å². The van der Waals surface area contributed by atoms with Crippen molar-refractivity contribution >= 4 is 22.6 Å². The summed E-state index contributed by atoms with van der Waals surface area (Å²) in [6.07, 6.45) is -2.49. The van der Waals surface area contributed by atoms with Gasteiger partial charge in [0.05, 0.1) is 6.07 Å². The molecule has 1 rings (SSSR count). The van der Waals surface area contributed by atoms with Crippen LogP contribution in [-0.4, -0.2) is 16.3 Å². The highest BCUT2D eigenvalue weighted by Gasteiger charge is 2.19. The molecule has 2 N–H and O–H groups in total. The fourth-order valence-corrected chi connectivity index (χ4v) is 1.66. The fourth-order valence-electron chi connectivity index (χ4n) is 0.956. The van der Waals surface area contributed by atoms with E-state index < -0.39 is 12.2 Å². The molecule has 0 aliphatic rings. The van der Waals surface area contributed by atoms with E-state index in [0.29, 0.717) is 5.56 Å². The third-order valence-corrected chi connectivity index (χ3v) is 2.64. The van der Waals surface area contributed by atoms with Crippen molar-refractivity contribution < 1.29 is 10.2 Å². The number of halogens is 1. The largest absolute Gasteiger partial charge is 0.385 e. The first-order valence-electron chi connectivity index (χ1n) is 3.67. The Hall–Kier alpha value is -0.640. The number of aliphatic hydroxyl groups excluding tert-OH is 2. The minimum Gasteiger partial charge on any atom is -0.385 e. The van der Waals surface area contributed by atoms with Gasteiger partial charge in [-0.2, -0.15) is 5.26 Å². The average Bonchev–Trinajstić information content (AvgIpc) is 2.16. The Labute approximate surface area is 89.8 Å². The van der Waals surface area contributed by atoms with Crippen molar-refractivity contribution in [2.24, 2.45) is 0 Å². The zero-order valence-corrected chi connectivity index (χ0v) is 8.84. The van der Waals surface area contributed by atoms with Crippen LogP contribution in [0.15, 0.2) is 24.3 Å². The zero-order chi connectivity index (χ0) is 9.84. The molecule has 3 nitrogen and oxygen atoms in total. The van der Waals surface area contributed by atoms with Gasteiger partial charge in [0.25, 0.3) is 0 Å². The highest BCUT2D eigenvalue weighted by Crippen LogP contribution is 2.21. The van der Waals surface area contributed by atoms with Crippen LogP contribution < -0.4 is 0 Å². The minimum atomic E-state index is -1.36. The third kappa shape index (κ3) is 2.40. The maximum atomic E-state index is 9.49. The van der Waals surface area contributed by atoms with Crippen LogP contribution in [0.1, 0.15) is 11.7 Å². The second-order valence-corrected chi connectivity index (χ2v) is 3.70. The molecule has 0 aliphatic heterocycles. The van der Waals surface area contributed by atoms with E-state index in [1.807, 2.05) is 34.7 Å². The van der Waals surface area contributed by atoms with Gasteiger partial charge in [0.2, 0.25) is 0 Å². The van der Waals surface area contributed by atoms with Gasteiger partial charge in [-0.15, -0.1) is 0 Å². The summed E-state index contributed by atoms with van der Waals surface area (Å²) < 4.78 is 0.835. The summed E-state index contributed by atoms with van der Waals surface area (Å²) in [5, 5.41) is 27.0. The lowest BCUT2D eigenvalue weighted by atomic mass is 10.1. The molecular formula is C9H8INO2. The number of hydrogen-bond acceptors (Lipinski definition) is 3. The predicted molar refractivity (Wildman–Crippen MR) is 55.7 cm³/mol. The molecule has 0 radical (unpaired) electrons. The normalized spacial score (nSPS) is 14.6. The van der Waals surface area contributed by atoms with Crippen molar-refractivity contribution in [3.05, 3.63) is 33.4 Å². The first-order chi connectivity index (χ1) is 6.16. The maximum Gasteiger partial charge on any atom is 0.170 e. The molecule has 0 heterocycles. The smallest absolute Gasteiger partial charge is 0.170 e. The van der Waals surface area contributed by atoms with Gasteiger partial charge >= 0.3 is 0 Å². The van der Waals surface area contributed by atoms with E-state index in [1.165, 1.54) is 0 Å². The summed E-state index contributed by atoms with van der Waals surface area (Å²) in [5.41, 5.74) is 0.581. The maximum absolute atomic E-state index is 9.49. The molecule has 1 aromatic rings. The molecule has 4 heteroatoms. The third-order valence-electron chi connectivity index (χ3n) is 1.66. The van der Waals surface area contributed by atoms with E-state index in [0.717, 1.165) is 3.57 Å². The van der Waals surface area contributed by atoms with E-state index in [9.17, 15) is 5.11 Å². The van der Waals surface area contributed by atoms with E-state index in [1.54, 1.807) is 18.2 Å². The van der Waals surface area contributed by atoms with Gasteiger partial charge in [0, 0.05) is 3.57 Å². The SMILES string of the molecule is N#CC(O)C(O)c1ccccc1I. The summed E-state index contributed by atoms with van der Waals surface area (Å²) in [5.74, 6) is 0. The number of rotatable bonds is 2. The number of hydrogen-bond donors (Lipinski definition) is 2. The lowest BCUT2D eigenvalue weighted by molar-refractivity contribution is 0.0522. The van der Waals surface area contributed by atoms with Crippen LogP contribution in [0.25, 0.3) is 0 Å². The Bertz CT molecular complexity index is 335. The summed E-state index contributed by atoms with van der Waals surface area (Å²) >= 11 is 2.04. The summed E-state index contributed by atoms with van der Waals surface area (Å²) in [6, 6.07) is 8.67. The molecule has 0 saturated carbocycles. The van der Waals surface area contributed by atoms with Gasteiger partial charge in [-0.1, -0.05) is 18.2 Å². The van der Waals surface area contributed by atoms with E-state index >= 15 is 0 Å². The van der Waals surface area contributed by atoms with Crippen LogP contribution in [0.2, 0.25) is 0 Å². The highest BCUT2D eigenvalue weighted by atomic mass is 127. The summed E-state index contributed by atoms with van der Waals surface area (Å²) in [4.78, 5) is 0. The molecule has 2 atom stereocenters. The van der Waals surface area contributed by atoms with E-state index in [4.69, 9.17) is 10.4 Å². The van der Waals surface area contributed by atoms with Gasteiger partial charge in [-0.3, -0.25) is 0 Å². The minimum absolute atomic E-state index is 0.581. The Balaban J connectivity index is 2.96. The molecule has 0 spiro atoms. The van der Waals surface area contributed by atoms with Crippen molar-refractivity contribution in [1.82, 2.24) is 0 Å². The topological polar surface area (TPSA) is 64.2 Å². The van der Waals surface area contributed by atoms with E-state index in [2.05, 4.69) is 0 Å². The molecule has 1 aromatic carbocycles. The average molecular weight is 289 g/mol. The van der Waals surface area contributed by atoms with Crippen LogP contribution in [0.5, 0.6) is 0 Å². The molecule has 0 bridgehead atoms. The molecule has 0 aromatic heterocycles. The van der Waals surface area contributed by atoms with Crippen molar-refractivity contribution in [3.63, 3.8) is 0 Å². The quantitative estimate of drug-likeness (QED) is 0.635. The second kappa shape index (κ2) is 4.56. The zero-order valence-electron chi connectivity index (χ0n) is 6.68. The van der Waals surface area contributed by atoms with Crippen molar-refractivity contribution in [1.29, 1.82) is 5.26 Å². The first kappa shape index (κ1) is 10.4. The number of benzene rings is 1. The van der Waals surface area contributed by atoms with Crippen LogP contribution in [0.3, 0.4) is 0 Å². The molecule has 0 fully saturated rings. The molecule has 68 valence electrons. The van der Waals surface area contributed by atoms with Crippen LogP contribution in [0, 0.1) is 14.9 Å². The lowest BCUT2D eigenvalue weighted by Crippen LogP contribution is -2.16. The first-order valence-corrected chi connectivity index (χ1v) is 4.75. The molecule has 0 saturated heterocycles. The number of nitrogens with zero attached hydrogens (tertiary/aromatic N) is 1. The lowest BCUT2D eigenvalue weighted by Gasteiger charge is -2.13. The second-order valence-electron chi connectivity index (χ2n) is 2.54. The predicted octanol–water partition coefficient (Wildman–Crippen LogP) is 1.21. The highest BCUT2D eigenvalue weighted by molar-refractivity contribution is 14.1. The fraction of sp³-hybridized carbons (Fsp3) is 0.222. The Morgan fingerprint density at radius 3 is 2.46 bits per heavy atom. The molecular weight excluding hydrogens is 281 g/mol. The monoisotopic (exact) mass is 289 g/mol. The Morgan fingerprint density at radius 2 is 1.92 bits per heavy atom. The Kier molecular flexibility index (Phi) is 3.66. The van der Waals surface area contributed by atoms with Crippen molar-refractivity contribution in [2.45, 2.75) is 12.2 Å². The Morgan fingerprint density at radius 1 is 1.31 bits per heavy atom. The van der Waals surface area contributed by atoms with Crippen molar-refractivity contribution in [3.8, 4) is 6.07 Å². The molecule has 0 amide bonds. The standard InChI is InChI=1S/C9H8INO2/c10-7-4-2-1-3-6(7)9(13)8(12)5-11/h1-4,8-9,12-13H. The molecule has 13 heavy (non-hydrogen) atoms. The number of nitriles is 1. The summed E-state index contributed by atoms with van der Waals surface area (Å²) in [7, 11) is 0. The number of aliphatic hydroxyl groups is 2. The van der Waals surface area contributed by atoms with E-state index in [-0.39, 0.29) is 0 Å². The van der Waals surface area contributed by atoms with Crippen LogP contribution >= 0.6 is 22.6 Å². The van der Waals surface area contributed by atoms with Crippen LogP contribution in [0.4, 0.5) is 0 Å².